The molecule has 9 heteroatoms. The third-order valence-corrected chi connectivity index (χ3v) is 4.45. The number of amides is 1. The molecule has 0 aliphatic carbocycles. The van der Waals surface area contributed by atoms with Crippen molar-refractivity contribution < 1.29 is 23.5 Å². The van der Waals surface area contributed by atoms with Crippen LogP contribution < -0.4 is 14.8 Å². The molecule has 0 radical (unpaired) electrons. The molecule has 1 aromatic heterocycles. The Labute approximate surface area is 179 Å². The standard InChI is InChI=1S/C21H22ClN3O5/c1-27-12-13-29-20-16(22)4-3-5-17(20)23-18(26)10-11-19-24-21(25-30-19)14-6-8-15(28-2)9-7-14/h3-9H,10-13H2,1-2H3,(H,23,26). The van der Waals surface area contributed by atoms with Gasteiger partial charge >= 0.3 is 0 Å². The number of anilines is 1. The Balaban J connectivity index is 1.57. The summed E-state index contributed by atoms with van der Waals surface area (Å²) in [5, 5.41) is 7.18. The quantitative estimate of drug-likeness (QED) is 0.485. The molecule has 1 N–H and O–H groups in total. The van der Waals surface area contributed by atoms with Crippen molar-refractivity contribution in [2.75, 3.05) is 32.8 Å². The van der Waals surface area contributed by atoms with Crippen LogP contribution in [0.3, 0.4) is 0 Å². The van der Waals surface area contributed by atoms with E-state index in [1.807, 2.05) is 24.3 Å². The molecule has 0 spiro atoms. The van der Waals surface area contributed by atoms with Crippen molar-refractivity contribution >= 4 is 23.2 Å². The summed E-state index contributed by atoms with van der Waals surface area (Å²) in [6.45, 7) is 0.728. The van der Waals surface area contributed by atoms with Crippen LogP contribution in [-0.2, 0) is 16.0 Å². The first-order chi connectivity index (χ1) is 14.6. The van der Waals surface area contributed by atoms with Gasteiger partial charge in [0, 0.05) is 25.5 Å². The van der Waals surface area contributed by atoms with Crippen molar-refractivity contribution in [2.24, 2.45) is 0 Å². The van der Waals surface area contributed by atoms with Crippen LogP contribution in [0.5, 0.6) is 11.5 Å². The fraction of sp³-hybridized carbons (Fsp3) is 0.286. The Hall–Kier alpha value is -3.10. The number of aryl methyl sites for hydroxylation is 1. The first kappa shape index (κ1) is 21.6. The number of carbonyl (C=O) groups is 1. The fourth-order valence-corrected chi connectivity index (χ4v) is 2.86. The van der Waals surface area contributed by atoms with E-state index >= 15 is 0 Å². The zero-order valence-electron chi connectivity index (χ0n) is 16.7. The second-order valence-corrected chi connectivity index (χ2v) is 6.65. The maximum Gasteiger partial charge on any atom is 0.227 e. The number of methoxy groups -OCH3 is 2. The lowest BCUT2D eigenvalue weighted by Gasteiger charge is -2.13. The Morgan fingerprint density at radius 2 is 1.93 bits per heavy atom. The molecular formula is C21H22ClN3O5. The van der Waals surface area contributed by atoms with Gasteiger partial charge in [-0.05, 0) is 36.4 Å². The van der Waals surface area contributed by atoms with Crippen LogP contribution in [0.2, 0.25) is 5.02 Å². The highest BCUT2D eigenvalue weighted by Crippen LogP contribution is 2.33. The molecule has 8 nitrogen and oxygen atoms in total. The topological polar surface area (TPSA) is 95.7 Å². The van der Waals surface area contributed by atoms with E-state index in [1.54, 1.807) is 32.4 Å². The number of nitrogens with zero attached hydrogens (tertiary/aromatic N) is 2. The monoisotopic (exact) mass is 431 g/mol. The first-order valence-electron chi connectivity index (χ1n) is 9.28. The fourth-order valence-electron chi connectivity index (χ4n) is 2.63. The summed E-state index contributed by atoms with van der Waals surface area (Å²) in [5.74, 6) is 1.75. The van der Waals surface area contributed by atoms with Crippen molar-refractivity contribution in [3.63, 3.8) is 0 Å². The lowest BCUT2D eigenvalue weighted by Crippen LogP contribution is -2.14. The summed E-state index contributed by atoms with van der Waals surface area (Å²) >= 11 is 6.19. The van der Waals surface area contributed by atoms with E-state index in [4.69, 9.17) is 30.3 Å². The Morgan fingerprint density at radius 1 is 1.13 bits per heavy atom. The van der Waals surface area contributed by atoms with Gasteiger partial charge in [0.25, 0.3) is 0 Å². The Bertz CT molecular complexity index is 975. The molecule has 0 saturated heterocycles. The maximum atomic E-state index is 12.4. The summed E-state index contributed by atoms with van der Waals surface area (Å²) in [6.07, 6.45) is 0.462. The SMILES string of the molecule is COCCOc1c(Cl)cccc1NC(=O)CCc1nc(-c2ccc(OC)cc2)no1. The van der Waals surface area contributed by atoms with Gasteiger partial charge in [-0.2, -0.15) is 4.98 Å². The summed E-state index contributed by atoms with van der Waals surface area (Å²) in [6, 6.07) is 12.5. The average molecular weight is 432 g/mol. The van der Waals surface area contributed by atoms with Crippen LogP contribution in [0.4, 0.5) is 5.69 Å². The smallest absolute Gasteiger partial charge is 0.227 e. The molecule has 0 saturated carbocycles. The molecule has 0 bridgehead atoms. The number of carbonyl (C=O) groups excluding carboxylic acids is 1. The number of rotatable bonds is 10. The van der Waals surface area contributed by atoms with Crippen molar-refractivity contribution in [1.29, 1.82) is 0 Å². The van der Waals surface area contributed by atoms with Crippen LogP contribution in [0.25, 0.3) is 11.4 Å². The molecule has 3 rings (SSSR count). The summed E-state index contributed by atoms with van der Waals surface area (Å²) < 4.78 is 21.0. The molecule has 0 fully saturated rings. The van der Waals surface area contributed by atoms with Gasteiger partial charge in [-0.3, -0.25) is 4.79 Å². The average Bonchev–Trinajstić information content (AvgIpc) is 3.23. The second-order valence-electron chi connectivity index (χ2n) is 6.25. The van der Waals surface area contributed by atoms with Gasteiger partial charge < -0.3 is 24.1 Å². The maximum absolute atomic E-state index is 12.4. The summed E-state index contributed by atoms with van der Waals surface area (Å²) in [4.78, 5) is 16.7. The molecule has 2 aromatic carbocycles. The molecule has 0 atom stereocenters. The van der Waals surface area contributed by atoms with Crippen LogP contribution in [0.1, 0.15) is 12.3 Å². The van der Waals surface area contributed by atoms with Gasteiger partial charge in [0.2, 0.25) is 17.6 Å². The van der Waals surface area contributed by atoms with Gasteiger partial charge in [-0.1, -0.05) is 22.8 Å². The highest BCUT2D eigenvalue weighted by Gasteiger charge is 2.14. The molecule has 1 heterocycles. The van der Waals surface area contributed by atoms with Gasteiger partial charge in [-0.25, -0.2) is 0 Å². The van der Waals surface area contributed by atoms with E-state index in [2.05, 4.69) is 15.5 Å². The number of halogens is 1. The molecule has 158 valence electrons. The number of hydrogen-bond acceptors (Lipinski definition) is 7. The number of ether oxygens (including phenoxy) is 3. The van der Waals surface area contributed by atoms with Crippen LogP contribution in [-0.4, -0.2) is 43.5 Å². The lowest BCUT2D eigenvalue weighted by atomic mass is 10.2. The van der Waals surface area contributed by atoms with Crippen molar-refractivity contribution in [2.45, 2.75) is 12.8 Å². The third kappa shape index (κ3) is 5.71. The van der Waals surface area contributed by atoms with Gasteiger partial charge in [0.1, 0.15) is 12.4 Å². The molecule has 0 aliphatic rings. The van der Waals surface area contributed by atoms with E-state index in [0.717, 1.165) is 11.3 Å². The number of aromatic nitrogens is 2. The van der Waals surface area contributed by atoms with Crippen molar-refractivity contribution in [1.82, 2.24) is 10.1 Å². The van der Waals surface area contributed by atoms with E-state index in [1.165, 1.54) is 0 Å². The summed E-state index contributed by atoms with van der Waals surface area (Å²) in [5.41, 5.74) is 1.29. The Kier molecular flexibility index (Phi) is 7.64. The predicted octanol–water partition coefficient (Wildman–Crippen LogP) is 4.00. The van der Waals surface area contributed by atoms with Crippen molar-refractivity contribution in [3.05, 3.63) is 53.4 Å². The number of para-hydroxylation sites is 1. The van der Waals surface area contributed by atoms with Crippen LogP contribution >= 0.6 is 11.6 Å². The van der Waals surface area contributed by atoms with Crippen LogP contribution in [0, 0.1) is 0 Å². The van der Waals surface area contributed by atoms with Crippen LogP contribution in [0.15, 0.2) is 47.0 Å². The largest absolute Gasteiger partial charge is 0.497 e. The zero-order valence-corrected chi connectivity index (χ0v) is 17.4. The molecule has 30 heavy (non-hydrogen) atoms. The molecular weight excluding hydrogens is 410 g/mol. The predicted molar refractivity (Wildman–Crippen MR) is 112 cm³/mol. The van der Waals surface area contributed by atoms with E-state index < -0.39 is 0 Å². The number of benzene rings is 2. The number of nitrogens with one attached hydrogen (secondary N) is 1. The first-order valence-corrected chi connectivity index (χ1v) is 9.65. The normalized spacial score (nSPS) is 10.6. The van der Waals surface area contributed by atoms with E-state index in [9.17, 15) is 4.79 Å². The molecule has 0 unspecified atom stereocenters. The van der Waals surface area contributed by atoms with E-state index in [-0.39, 0.29) is 12.3 Å². The molecule has 1 amide bonds. The molecule has 3 aromatic rings. The zero-order chi connectivity index (χ0) is 21.3. The highest BCUT2D eigenvalue weighted by atomic mass is 35.5. The van der Waals surface area contributed by atoms with Gasteiger partial charge in [-0.15, -0.1) is 0 Å². The van der Waals surface area contributed by atoms with Gasteiger partial charge in [0.05, 0.1) is 24.4 Å². The second kappa shape index (κ2) is 10.6. The van der Waals surface area contributed by atoms with Gasteiger partial charge in [0.15, 0.2) is 5.75 Å². The van der Waals surface area contributed by atoms with E-state index in [0.29, 0.717) is 47.8 Å². The van der Waals surface area contributed by atoms with Crippen molar-refractivity contribution in [3.8, 4) is 22.9 Å². The lowest BCUT2D eigenvalue weighted by molar-refractivity contribution is -0.116. The minimum Gasteiger partial charge on any atom is -0.497 e. The summed E-state index contributed by atoms with van der Waals surface area (Å²) in [7, 11) is 3.18. The highest BCUT2D eigenvalue weighted by molar-refractivity contribution is 6.32. The number of hydrogen-bond donors (Lipinski definition) is 1. The third-order valence-electron chi connectivity index (χ3n) is 4.16. The minimum atomic E-state index is -0.224. The molecule has 0 aliphatic heterocycles. The Morgan fingerprint density at radius 3 is 2.67 bits per heavy atom. The minimum absolute atomic E-state index is 0.161.